The summed E-state index contributed by atoms with van der Waals surface area (Å²) in [6.07, 6.45) is 1.29. The van der Waals surface area contributed by atoms with Gasteiger partial charge in [0, 0.05) is 31.9 Å². The Hall–Kier alpha value is -3.46. The lowest BCUT2D eigenvalue weighted by atomic mass is 10.1. The number of nitrogens with zero attached hydrogens (tertiary/aromatic N) is 1. The van der Waals surface area contributed by atoms with E-state index >= 15 is 0 Å². The zero-order chi connectivity index (χ0) is 24.2. The standard InChI is InChI=1S/C24H31N3O6/c1-24(2,3)33-23(29)26-10-9-25-13-16-12-17-21(32-16)18(14-27(4)22(17)28)15-7-8-19(30-5)20(11-15)31-6/h7-8,11-12,14,25H,9-10,13H2,1-6H3,(H,26,29). The molecule has 2 aromatic heterocycles. The molecule has 3 aromatic rings. The van der Waals surface area contributed by atoms with E-state index < -0.39 is 11.7 Å². The summed E-state index contributed by atoms with van der Waals surface area (Å²) < 4.78 is 23.5. The lowest BCUT2D eigenvalue weighted by Gasteiger charge is -2.19. The van der Waals surface area contributed by atoms with Crippen molar-refractivity contribution >= 4 is 17.1 Å². The second-order valence-corrected chi connectivity index (χ2v) is 8.59. The second kappa shape index (κ2) is 9.99. The first kappa shape index (κ1) is 24.2. The smallest absolute Gasteiger partial charge is 0.407 e. The Labute approximate surface area is 192 Å². The van der Waals surface area contributed by atoms with Crippen LogP contribution in [0.1, 0.15) is 26.5 Å². The lowest BCUT2D eigenvalue weighted by Crippen LogP contribution is -2.36. The highest BCUT2D eigenvalue weighted by Crippen LogP contribution is 2.35. The van der Waals surface area contributed by atoms with Gasteiger partial charge in [0.2, 0.25) is 0 Å². The van der Waals surface area contributed by atoms with Gasteiger partial charge in [-0.2, -0.15) is 0 Å². The molecule has 0 atom stereocenters. The van der Waals surface area contributed by atoms with Crippen molar-refractivity contribution in [2.75, 3.05) is 27.3 Å². The van der Waals surface area contributed by atoms with Crippen molar-refractivity contribution in [1.82, 2.24) is 15.2 Å². The van der Waals surface area contributed by atoms with Crippen LogP contribution in [0.3, 0.4) is 0 Å². The van der Waals surface area contributed by atoms with Crippen molar-refractivity contribution in [3.05, 3.63) is 46.6 Å². The lowest BCUT2D eigenvalue weighted by molar-refractivity contribution is 0.0528. The number of carbonyl (C=O) groups is 1. The van der Waals surface area contributed by atoms with Gasteiger partial charge in [0.1, 0.15) is 16.9 Å². The molecule has 9 nitrogen and oxygen atoms in total. The van der Waals surface area contributed by atoms with E-state index in [1.165, 1.54) is 4.57 Å². The molecule has 0 saturated carbocycles. The van der Waals surface area contributed by atoms with Gasteiger partial charge in [0.15, 0.2) is 11.5 Å². The van der Waals surface area contributed by atoms with E-state index in [-0.39, 0.29) is 5.56 Å². The minimum Gasteiger partial charge on any atom is -0.493 e. The number of benzene rings is 1. The van der Waals surface area contributed by atoms with Gasteiger partial charge in [-0.1, -0.05) is 6.07 Å². The zero-order valence-corrected chi connectivity index (χ0v) is 19.9. The average molecular weight is 458 g/mol. The summed E-state index contributed by atoms with van der Waals surface area (Å²) in [5.41, 5.74) is 1.43. The number of hydrogen-bond acceptors (Lipinski definition) is 7. The number of aryl methyl sites for hydroxylation is 1. The third-order valence-corrected chi connectivity index (χ3v) is 4.87. The van der Waals surface area contributed by atoms with Crippen molar-refractivity contribution in [1.29, 1.82) is 0 Å². The number of aromatic nitrogens is 1. The van der Waals surface area contributed by atoms with Gasteiger partial charge in [-0.15, -0.1) is 0 Å². The molecule has 0 aliphatic carbocycles. The van der Waals surface area contributed by atoms with Crippen molar-refractivity contribution < 1.29 is 23.4 Å². The monoisotopic (exact) mass is 457 g/mol. The predicted molar refractivity (Wildman–Crippen MR) is 126 cm³/mol. The summed E-state index contributed by atoms with van der Waals surface area (Å²) in [7, 11) is 4.86. The molecule has 0 fully saturated rings. The summed E-state index contributed by atoms with van der Waals surface area (Å²) >= 11 is 0. The molecule has 0 spiro atoms. The molecular formula is C24H31N3O6. The number of alkyl carbamates (subject to hydrolysis) is 1. The van der Waals surface area contributed by atoms with Crippen LogP contribution >= 0.6 is 0 Å². The Morgan fingerprint density at radius 3 is 2.48 bits per heavy atom. The quantitative estimate of drug-likeness (QED) is 0.500. The average Bonchev–Trinajstić information content (AvgIpc) is 3.18. The minimum absolute atomic E-state index is 0.143. The van der Waals surface area contributed by atoms with Gasteiger partial charge >= 0.3 is 6.09 Å². The van der Waals surface area contributed by atoms with Crippen LogP contribution < -0.4 is 25.7 Å². The highest BCUT2D eigenvalue weighted by molar-refractivity contribution is 5.92. The maximum Gasteiger partial charge on any atom is 0.407 e. The van der Waals surface area contributed by atoms with Crippen molar-refractivity contribution in [2.24, 2.45) is 7.05 Å². The first-order chi connectivity index (χ1) is 15.6. The molecule has 1 amide bonds. The summed E-state index contributed by atoms with van der Waals surface area (Å²) in [6.45, 7) is 6.75. The van der Waals surface area contributed by atoms with Crippen molar-refractivity contribution in [3.8, 4) is 22.6 Å². The van der Waals surface area contributed by atoms with E-state index in [1.54, 1.807) is 33.5 Å². The summed E-state index contributed by atoms with van der Waals surface area (Å²) in [5, 5.41) is 6.38. The first-order valence-electron chi connectivity index (χ1n) is 10.6. The van der Waals surface area contributed by atoms with Gasteiger partial charge in [0.25, 0.3) is 5.56 Å². The number of amides is 1. The van der Waals surface area contributed by atoms with E-state index in [0.29, 0.717) is 47.9 Å². The summed E-state index contributed by atoms with van der Waals surface area (Å²) in [4.78, 5) is 24.4. The molecule has 0 radical (unpaired) electrons. The number of furan rings is 1. The fraction of sp³-hybridized carbons (Fsp3) is 0.417. The molecule has 178 valence electrons. The number of pyridine rings is 1. The van der Waals surface area contributed by atoms with Crippen molar-refractivity contribution in [3.63, 3.8) is 0 Å². The normalized spacial score (nSPS) is 11.5. The largest absolute Gasteiger partial charge is 0.493 e. The number of carbonyl (C=O) groups excluding carboxylic acids is 1. The molecule has 33 heavy (non-hydrogen) atoms. The fourth-order valence-electron chi connectivity index (χ4n) is 3.38. The van der Waals surface area contributed by atoms with E-state index in [9.17, 15) is 9.59 Å². The van der Waals surface area contributed by atoms with Gasteiger partial charge in [-0.3, -0.25) is 4.79 Å². The number of ether oxygens (including phenoxy) is 3. The fourth-order valence-corrected chi connectivity index (χ4v) is 3.38. The minimum atomic E-state index is -0.538. The Morgan fingerprint density at radius 2 is 1.82 bits per heavy atom. The summed E-state index contributed by atoms with van der Waals surface area (Å²) in [6, 6.07) is 7.30. The van der Waals surface area contributed by atoms with Crippen LogP contribution in [0.15, 0.2) is 39.7 Å². The third-order valence-electron chi connectivity index (χ3n) is 4.87. The van der Waals surface area contributed by atoms with Crippen LogP contribution in [0.2, 0.25) is 0 Å². The number of nitrogens with one attached hydrogen (secondary N) is 2. The Kier molecular flexibility index (Phi) is 7.33. The maximum atomic E-state index is 12.7. The van der Waals surface area contributed by atoms with E-state index in [1.807, 2.05) is 39.0 Å². The van der Waals surface area contributed by atoms with Crippen LogP contribution in [0, 0.1) is 0 Å². The molecule has 1 aromatic carbocycles. The molecule has 0 aliphatic heterocycles. The molecule has 2 heterocycles. The van der Waals surface area contributed by atoms with Gasteiger partial charge in [-0.05, 0) is 44.5 Å². The van der Waals surface area contributed by atoms with Crippen LogP contribution in [-0.2, 0) is 18.3 Å². The number of fused-ring (bicyclic) bond motifs is 1. The molecular weight excluding hydrogens is 426 g/mol. The van der Waals surface area contributed by atoms with Crippen LogP contribution in [-0.4, -0.2) is 43.6 Å². The molecule has 0 aliphatic rings. The molecule has 0 saturated heterocycles. The van der Waals surface area contributed by atoms with Crippen LogP contribution in [0.25, 0.3) is 22.1 Å². The number of rotatable bonds is 8. The Morgan fingerprint density at radius 1 is 1.09 bits per heavy atom. The Balaban J connectivity index is 1.76. The van der Waals surface area contributed by atoms with Crippen molar-refractivity contribution in [2.45, 2.75) is 32.9 Å². The van der Waals surface area contributed by atoms with Gasteiger partial charge in [-0.25, -0.2) is 4.79 Å². The van der Waals surface area contributed by atoms with E-state index in [0.717, 1.165) is 11.1 Å². The second-order valence-electron chi connectivity index (χ2n) is 8.59. The topological polar surface area (TPSA) is 104 Å². The molecule has 2 N–H and O–H groups in total. The molecule has 3 rings (SSSR count). The van der Waals surface area contributed by atoms with Crippen LogP contribution in [0.5, 0.6) is 11.5 Å². The van der Waals surface area contributed by atoms with E-state index in [4.69, 9.17) is 18.6 Å². The Bertz CT molecular complexity index is 1190. The zero-order valence-electron chi connectivity index (χ0n) is 19.9. The predicted octanol–water partition coefficient (Wildman–Crippen LogP) is 3.43. The molecule has 0 unspecified atom stereocenters. The SMILES string of the molecule is COc1ccc(-c2cn(C)c(=O)c3cc(CNCCNC(=O)OC(C)(C)C)oc23)cc1OC. The third kappa shape index (κ3) is 5.87. The summed E-state index contributed by atoms with van der Waals surface area (Å²) in [5.74, 6) is 1.82. The van der Waals surface area contributed by atoms with Crippen LogP contribution in [0.4, 0.5) is 4.79 Å². The van der Waals surface area contributed by atoms with E-state index in [2.05, 4.69) is 10.6 Å². The number of hydrogen-bond donors (Lipinski definition) is 2. The molecule has 9 heteroatoms. The van der Waals surface area contributed by atoms with Gasteiger partial charge < -0.3 is 33.8 Å². The molecule has 0 bridgehead atoms. The highest BCUT2D eigenvalue weighted by atomic mass is 16.6. The first-order valence-corrected chi connectivity index (χ1v) is 10.6. The van der Waals surface area contributed by atoms with Gasteiger partial charge in [0.05, 0.1) is 26.2 Å². The maximum absolute atomic E-state index is 12.7. The number of methoxy groups -OCH3 is 2. The highest BCUT2D eigenvalue weighted by Gasteiger charge is 2.17.